The van der Waals surface area contributed by atoms with E-state index in [4.69, 9.17) is 10.7 Å². The summed E-state index contributed by atoms with van der Waals surface area (Å²) in [6.07, 6.45) is 4.87. The molecule has 0 unspecified atom stereocenters. The minimum Gasteiger partial charge on any atom is -0.360 e. The summed E-state index contributed by atoms with van der Waals surface area (Å²) in [7, 11) is 0. The molecule has 0 fully saturated rings. The van der Waals surface area contributed by atoms with Gasteiger partial charge in [0.05, 0.1) is 16.8 Å². The average molecular weight is 577 g/mol. The molecule has 0 aliphatic carbocycles. The van der Waals surface area contributed by atoms with E-state index in [1.165, 1.54) is 0 Å². The Morgan fingerprint density at radius 2 is 1.97 bits per heavy atom. The summed E-state index contributed by atoms with van der Waals surface area (Å²) >= 11 is 5.81. The van der Waals surface area contributed by atoms with E-state index in [0.717, 1.165) is 60.4 Å². The number of carbonyl (C=O) groups excluding carboxylic acids is 1. The molecular weight excluding hydrogens is 555 g/mol. The van der Waals surface area contributed by atoms with Crippen molar-refractivity contribution < 1.29 is 4.79 Å². The molecule has 0 saturated carbocycles. The van der Waals surface area contributed by atoms with Crippen LogP contribution in [-0.2, 0) is 0 Å². The molecule has 0 saturated heterocycles. The fraction of sp³-hybridized carbons (Fsp3) is 0.217. The molecule has 154 valence electrons. The van der Waals surface area contributed by atoms with Gasteiger partial charge in [-0.15, -0.1) is 0 Å². The number of nitrogens with one attached hydrogen (secondary N) is 2. The molecule has 2 aromatic heterocycles. The molecule has 0 aliphatic rings. The number of nitrogens with two attached hydrogens (primary N) is 1. The van der Waals surface area contributed by atoms with Gasteiger partial charge in [-0.1, -0.05) is 22.4 Å². The maximum atomic E-state index is 13.1. The highest BCUT2D eigenvalue weighted by molar-refractivity contribution is 14.1. The summed E-state index contributed by atoms with van der Waals surface area (Å²) < 4.78 is 2.07. The van der Waals surface area contributed by atoms with Crippen molar-refractivity contribution in [3.63, 3.8) is 0 Å². The predicted molar refractivity (Wildman–Crippen MR) is 135 cm³/mol. The maximum Gasteiger partial charge on any atom is 0.252 e. The van der Waals surface area contributed by atoms with Crippen molar-refractivity contribution in [3.8, 4) is 11.3 Å². The van der Waals surface area contributed by atoms with Crippen LogP contribution in [-0.4, -0.2) is 29.0 Å². The molecule has 4 aromatic rings. The Balaban J connectivity index is 1.75. The molecule has 1 amide bonds. The van der Waals surface area contributed by atoms with Crippen LogP contribution in [0, 0.1) is 3.57 Å². The van der Waals surface area contributed by atoms with Gasteiger partial charge in [-0.2, -0.15) is 0 Å². The van der Waals surface area contributed by atoms with Crippen molar-refractivity contribution >= 4 is 66.2 Å². The van der Waals surface area contributed by atoms with Crippen LogP contribution in [0.15, 0.2) is 53.1 Å². The third-order valence-corrected chi connectivity index (χ3v) is 6.27. The van der Waals surface area contributed by atoms with Gasteiger partial charge in [0, 0.05) is 42.6 Å². The van der Waals surface area contributed by atoms with Crippen molar-refractivity contribution in [2.45, 2.75) is 19.3 Å². The molecule has 0 bridgehead atoms. The van der Waals surface area contributed by atoms with E-state index in [1.54, 1.807) is 0 Å². The zero-order valence-electron chi connectivity index (χ0n) is 16.3. The molecule has 4 N–H and O–H groups in total. The van der Waals surface area contributed by atoms with Crippen LogP contribution < -0.4 is 11.1 Å². The summed E-state index contributed by atoms with van der Waals surface area (Å²) in [5, 5.41) is 4.99. The smallest absolute Gasteiger partial charge is 0.252 e. The number of amides is 1. The summed E-state index contributed by atoms with van der Waals surface area (Å²) in [5.74, 6) is -0.0700. The zero-order chi connectivity index (χ0) is 21.1. The normalized spacial score (nSPS) is 11.3. The van der Waals surface area contributed by atoms with Gasteiger partial charge < -0.3 is 16.0 Å². The van der Waals surface area contributed by atoms with E-state index in [0.29, 0.717) is 18.7 Å². The lowest BCUT2D eigenvalue weighted by Crippen LogP contribution is -2.25. The van der Waals surface area contributed by atoms with E-state index in [2.05, 4.69) is 54.9 Å². The minimum atomic E-state index is -0.0700. The minimum absolute atomic E-state index is 0.0700. The second-order valence-corrected chi connectivity index (χ2v) is 9.38. The van der Waals surface area contributed by atoms with Crippen LogP contribution >= 0.6 is 38.5 Å². The number of pyridine rings is 1. The standard InChI is InChI=1S/C23H22BrIN4O/c24-14-4-6-20-16(10-14)19(13-28-20)22-12-18(23(30)27-9-3-1-2-8-26)17-11-15(25)5-7-21(17)29-22/h4-7,10-13,28H,1-3,8-9,26H2,(H,27,30). The van der Waals surface area contributed by atoms with Gasteiger partial charge in [-0.25, -0.2) is 4.98 Å². The lowest BCUT2D eigenvalue weighted by atomic mass is 10.0. The second-order valence-electron chi connectivity index (χ2n) is 7.21. The molecule has 0 radical (unpaired) electrons. The predicted octanol–water partition coefficient (Wildman–Crippen LogP) is 5.61. The lowest BCUT2D eigenvalue weighted by molar-refractivity contribution is 0.0954. The van der Waals surface area contributed by atoms with Crippen molar-refractivity contribution in [2.75, 3.05) is 13.1 Å². The topological polar surface area (TPSA) is 83.8 Å². The number of fused-ring (bicyclic) bond motifs is 2. The van der Waals surface area contributed by atoms with Gasteiger partial charge in [0.25, 0.3) is 5.91 Å². The number of halogens is 2. The average Bonchev–Trinajstić information content (AvgIpc) is 3.15. The van der Waals surface area contributed by atoms with E-state index >= 15 is 0 Å². The molecule has 0 atom stereocenters. The summed E-state index contributed by atoms with van der Waals surface area (Å²) in [6, 6.07) is 14.0. The Kier molecular flexibility index (Phi) is 6.70. The number of carbonyl (C=O) groups is 1. The number of rotatable bonds is 7. The van der Waals surface area contributed by atoms with E-state index in [9.17, 15) is 4.79 Å². The molecule has 0 aliphatic heterocycles. The Labute approximate surface area is 197 Å². The quantitative estimate of drug-likeness (QED) is 0.197. The largest absolute Gasteiger partial charge is 0.360 e. The Morgan fingerprint density at radius 3 is 2.80 bits per heavy atom. The maximum absolute atomic E-state index is 13.1. The fourth-order valence-corrected chi connectivity index (χ4v) is 4.42. The number of aromatic amines is 1. The molecule has 2 aromatic carbocycles. The van der Waals surface area contributed by atoms with Crippen LogP contribution in [0.3, 0.4) is 0 Å². The van der Waals surface area contributed by atoms with E-state index in [1.807, 2.05) is 42.6 Å². The number of hydrogen-bond acceptors (Lipinski definition) is 3. The molecule has 7 heteroatoms. The molecule has 30 heavy (non-hydrogen) atoms. The van der Waals surface area contributed by atoms with Gasteiger partial charge >= 0.3 is 0 Å². The fourth-order valence-electron chi connectivity index (χ4n) is 3.57. The number of nitrogens with zero attached hydrogens (tertiary/aromatic N) is 1. The van der Waals surface area contributed by atoms with Crippen molar-refractivity contribution in [3.05, 3.63) is 62.3 Å². The first-order valence-electron chi connectivity index (χ1n) is 9.92. The van der Waals surface area contributed by atoms with Crippen LogP contribution in [0.4, 0.5) is 0 Å². The second kappa shape index (κ2) is 9.45. The van der Waals surface area contributed by atoms with Crippen molar-refractivity contribution in [2.24, 2.45) is 5.73 Å². The van der Waals surface area contributed by atoms with E-state index < -0.39 is 0 Å². The van der Waals surface area contributed by atoms with Gasteiger partial charge in [-0.3, -0.25) is 4.79 Å². The highest BCUT2D eigenvalue weighted by Crippen LogP contribution is 2.32. The highest BCUT2D eigenvalue weighted by Gasteiger charge is 2.16. The van der Waals surface area contributed by atoms with Gasteiger partial charge in [0.15, 0.2) is 0 Å². The monoisotopic (exact) mass is 576 g/mol. The summed E-state index contributed by atoms with van der Waals surface area (Å²) in [6.45, 7) is 1.33. The van der Waals surface area contributed by atoms with Crippen molar-refractivity contribution in [1.82, 2.24) is 15.3 Å². The van der Waals surface area contributed by atoms with Gasteiger partial charge in [0.2, 0.25) is 0 Å². The highest BCUT2D eigenvalue weighted by atomic mass is 127. The molecule has 2 heterocycles. The number of hydrogen-bond donors (Lipinski definition) is 3. The summed E-state index contributed by atoms with van der Waals surface area (Å²) in [5.41, 5.74) is 9.80. The van der Waals surface area contributed by atoms with Crippen LogP contribution in [0.1, 0.15) is 29.6 Å². The Bertz CT molecular complexity index is 1220. The number of H-pyrrole nitrogens is 1. The SMILES string of the molecule is NCCCCCNC(=O)c1cc(-c2c[nH]c3ccc(Br)cc23)nc2ccc(I)cc12. The first-order chi connectivity index (χ1) is 14.6. The number of unbranched alkanes of at least 4 members (excludes halogenated alkanes) is 2. The molecule has 5 nitrogen and oxygen atoms in total. The first-order valence-corrected chi connectivity index (χ1v) is 11.8. The zero-order valence-corrected chi connectivity index (χ0v) is 20.1. The van der Waals surface area contributed by atoms with Gasteiger partial charge in [0.1, 0.15) is 0 Å². The van der Waals surface area contributed by atoms with Crippen LogP contribution in [0.25, 0.3) is 33.1 Å². The lowest BCUT2D eigenvalue weighted by Gasteiger charge is -2.11. The molecular formula is C23H22BrIN4O. The van der Waals surface area contributed by atoms with Crippen LogP contribution in [0.2, 0.25) is 0 Å². The Morgan fingerprint density at radius 1 is 1.10 bits per heavy atom. The number of aromatic nitrogens is 2. The first kappa shape index (κ1) is 21.3. The molecule has 0 spiro atoms. The Hall–Kier alpha value is -1.97. The molecule has 4 rings (SSSR count). The number of benzene rings is 2. The third kappa shape index (κ3) is 4.53. The third-order valence-electron chi connectivity index (χ3n) is 5.10. The van der Waals surface area contributed by atoms with E-state index in [-0.39, 0.29) is 5.91 Å². The summed E-state index contributed by atoms with van der Waals surface area (Å²) in [4.78, 5) is 21.2. The van der Waals surface area contributed by atoms with Crippen molar-refractivity contribution in [1.29, 1.82) is 0 Å². The van der Waals surface area contributed by atoms with Gasteiger partial charge in [-0.05, 0) is 84.4 Å². The van der Waals surface area contributed by atoms with Crippen LogP contribution in [0.5, 0.6) is 0 Å².